The van der Waals surface area contributed by atoms with Gasteiger partial charge in [-0.3, -0.25) is 0 Å². The Morgan fingerprint density at radius 2 is 1.06 bits per heavy atom. The Bertz CT molecular complexity index is 4300. The molecule has 4 nitrogen and oxygen atoms in total. The van der Waals surface area contributed by atoms with E-state index in [2.05, 4.69) is 228 Å². The minimum Gasteiger partial charge on any atom is -0.456 e. The van der Waals surface area contributed by atoms with E-state index in [1.807, 2.05) is 42.5 Å². The average molecular weight is 922 g/mol. The van der Waals surface area contributed by atoms with Crippen LogP contribution < -0.4 is 10.6 Å². The summed E-state index contributed by atoms with van der Waals surface area (Å²) < 4.78 is 8.68. The van der Waals surface area contributed by atoms with Crippen molar-refractivity contribution in [1.29, 1.82) is 0 Å². The summed E-state index contributed by atoms with van der Waals surface area (Å²) in [4.78, 5) is 2.30. The Kier molecular flexibility index (Phi) is 10.4. The summed E-state index contributed by atoms with van der Waals surface area (Å²) in [5.74, 6) is 0. The van der Waals surface area contributed by atoms with Gasteiger partial charge in [0.25, 0.3) is 0 Å². The van der Waals surface area contributed by atoms with Gasteiger partial charge in [0, 0.05) is 50.4 Å². The molecule has 0 fully saturated rings. The molecule has 0 unspecified atom stereocenters. The number of nitrogen functional groups attached to an aromatic ring is 1. The number of anilines is 3. The molecule has 2 aromatic heterocycles. The maximum absolute atomic E-state index is 6.29. The normalized spacial score (nSPS) is 13.7. The van der Waals surface area contributed by atoms with Gasteiger partial charge in [0.1, 0.15) is 11.2 Å². The number of fused-ring (bicyclic) bond motifs is 10. The zero-order chi connectivity index (χ0) is 48.1. The second-order valence-electron chi connectivity index (χ2n) is 18.4. The molecule has 14 rings (SSSR count). The van der Waals surface area contributed by atoms with Crippen LogP contribution in [0.15, 0.2) is 272 Å². The van der Waals surface area contributed by atoms with Gasteiger partial charge in [0.15, 0.2) is 0 Å². The minimum absolute atomic E-state index is 0.822. The highest BCUT2D eigenvalue weighted by atomic mass is 16.3. The van der Waals surface area contributed by atoms with Crippen LogP contribution in [0.3, 0.4) is 0 Å². The first-order valence-corrected chi connectivity index (χ1v) is 24.4. The highest BCUT2D eigenvalue weighted by Gasteiger charge is 2.21. The van der Waals surface area contributed by atoms with Crippen LogP contribution in [-0.4, -0.2) is 4.57 Å². The van der Waals surface area contributed by atoms with E-state index in [9.17, 15) is 0 Å². The standard InChI is InChI=1S/C62H40N2O.C6H7N/c1-40-35-46(43-16-11-17-47(36-43)51-23-12-15-41-13-5-7-20-50(41)51)33-34-63(49-28-32-61-55(39-49)53-22-9-10-24-60(53)65-61)57-29-26-44(37-54(40)57)45-27-30-58-56(38-45)62-52-21-8-6-14-42(52)25-31-59(62)64(58)48-18-3-2-4-19-48;7-6-4-2-1-3-5-6/h2-39H,1H2;1-5H,7H2/b34-33-,46-35+;. The van der Waals surface area contributed by atoms with Crippen LogP contribution in [0.2, 0.25) is 0 Å². The van der Waals surface area contributed by atoms with E-state index in [1.165, 1.54) is 54.5 Å². The molecule has 4 heteroatoms. The van der Waals surface area contributed by atoms with Crippen LogP contribution in [0.5, 0.6) is 0 Å². The Labute approximate surface area is 417 Å². The molecule has 3 heterocycles. The fourth-order valence-corrected chi connectivity index (χ4v) is 10.6. The first kappa shape index (κ1) is 42.5. The fraction of sp³-hybridized carbons (Fsp3) is 0. The molecule has 0 amide bonds. The molecular formula is C68H47N3O. The quantitative estimate of drug-likeness (QED) is 0.175. The van der Waals surface area contributed by atoms with Crippen molar-refractivity contribution >= 4 is 93.5 Å². The van der Waals surface area contributed by atoms with Gasteiger partial charge < -0.3 is 19.6 Å². The van der Waals surface area contributed by atoms with Gasteiger partial charge in [0.05, 0.1) is 16.7 Å². The van der Waals surface area contributed by atoms with Crippen molar-refractivity contribution in [3.8, 4) is 27.9 Å². The highest BCUT2D eigenvalue weighted by Crippen LogP contribution is 2.44. The first-order valence-electron chi connectivity index (χ1n) is 24.4. The largest absolute Gasteiger partial charge is 0.456 e. The number of rotatable bonds is 5. The Morgan fingerprint density at radius 3 is 1.88 bits per heavy atom. The number of hydrogen-bond donors (Lipinski definition) is 1. The van der Waals surface area contributed by atoms with Crippen LogP contribution in [0.25, 0.3) is 104 Å². The van der Waals surface area contributed by atoms with Gasteiger partial charge in [-0.25, -0.2) is 0 Å². The van der Waals surface area contributed by atoms with Gasteiger partial charge in [-0.15, -0.1) is 0 Å². The molecule has 72 heavy (non-hydrogen) atoms. The summed E-state index contributed by atoms with van der Waals surface area (Å²) >= 11 is 0. The maximum Gasteiger partial charge on any atom is 0.135 e. The molecular weight excluding hydrogens is 875 g/mol. The number of aromatic nitrogens is 1. The zero-order valence-corrected chi connectivity index (χ0v) is 39.4. The van der Waals surface area contributed by atoms with Crippen LogP contribution in [0, 0.1) is 0 Å². The maximum atomic E-state index is 6.29. The second kappa shape index (κ2) is 17.7. The van der Waals surface area contributed by atoms with Gasteiger partial charge in [0.2, 0.25) is 0 Å². The van der Waals surface area contributed by atoms with E-state index < -0.39 is 0 Å². The van der Waals surface area contributed by atoms with Crippen molar-refractivity contribution in [2.24, 2.45) is 0 Å². The number of hydrogen-bond acceptors (Lipinski definition) is 3. The third-order valence-corrected chi connectivity index (χ3v) is 14.1. The molecule has 0 radical (unpaired) electrons. The van der Waals surface area contributed by atoms with E-state index in [1.54, 1.807) is 0 Å². The van der Waals surface area contributed by atoms with Gasteiger partial charge >= 0.3 is 0 Å². The molecule has 13 aromatic rings. The third-order valence-electron chi connectivity index (χ3n) is 14.1. The minimum atomic E-state index is 0.822. The molecule has 2 N–H and O–H groups in total. The summed E-state index contributed by atoms with van der Waals surface area (Å²) in [6.45, 7) is 4.81. The van der Waals surface area contributed by atoms with Crippen molar-refractivity contribution in [1.82, 2.24) is 4.57 Å². The molecule has 0 atom stereocenters. The summed E-state index contributed by atoms with van der Waals surface area (Å²) in [5.41, 5.74) is 22.4. The molecule has 0 aliphatic carbocycles. The molecule has 0 spiro atoms. The molecule has 0 saturated heterocycles. The molecule has 1 aliphatic heterocycles. The summed E-state index contributed by atoms with van der Waals surface area (Å²) in [5, 5.41) is 9.62. The zero-order valence-electron chi connectivity index (χ0n) is 39.4. The Balaban J connectivity index is 0.000000666. The van der Waals surface area contributed by atoms with E-state index in [-0.39, 0.29) is 0 Å². The van der Waals surface area contributed by atoms with Gasteiger partial charge in [-0.2, -0.15) is 0 Å². The third kappa shape index (κ3) is 7.50. The monoisotopic (exact) mass is 921 g/mol. The van der Waals surface area contributed by atoms with Crippen LogP contribution in [0.1, 0.15) is 11.1 Å². The highest BCUT2D eigenvalue weighted by molar-refractivity contribution is 6.22. The number of allylic oxidation sites excluding steroid dienone is 4. The van der Waals surface area contributed by atoms with Crippen molar-refractivity contribution in [3.63, 3.8) is 0 Å². The van der Waals surface area contributed by atoms with Crippen LogP contribution in [0.4, 0.5) is 17.1 Å². The Morgan fingerprint density at radius 1 is 0.403 bits per heavy atom. The smallest absolute Gasteiger partial charge is 0.135 e. The van der Waals surface area contributed by atoms with Gasteiger partial charge in [-0.1, -0.05) is 164 Å². The van der Waals surface area contributed by atoms with E-state index in [0.29, 0.717) is 0 Å². The SMILES string of the molecule is C=C1/C=C(c2cccc(-c3cccc4ccccc34)c2)\C=C/N(c2ccc3oc4ccccc4c3c2)c2ccc(-c3ccc4c(c3)c3c5ccccc5ccc3n4-c3ccccc3)cc21.Nc1ccccc1. The van der Waals surface area contributed by atoms with E-state index >= 15 is 0 Å². The number of nitrogens with zero attached hydrogens (tertiary/aromatic N) is 2. The number of para-hydroxylation sites is 3. The lowest BCUT2D eigenvalue weighted by atomic mass is 9.91. The van der Waals surface area contributed by atoms with Crippen molar-refractivity contribution in [2.75, 3.05) is 10.6 Å². The second-order valence-corrected chi connectivity index (χ2v) is 18.4. The average Bonchev–Trinajstić information content (AvgIpc) is 3.98. The van der Waals surface area contributed by atoms with Crippen molar-refractivity contribution in [2.45, 2.75) is 0 Å². The summed E-state index contributed by atoms with van der Waals surface area (Å²) in [6, 6.07) is 86.0. The van der Waals surface area contributed by atoms with Crippen LogP contribution in [-0.2, 0) is 0 Å². The predicted molar refractivity (Wildman–Crippen MR) is 306 cm³/mol. The van der Waals surface area contributed by atoms with Crippen LogP contribution >= 0.6 is 0 Å². The Hall–Kier alpha value is -9.64. The van der Waals surface area contributed by atoms with Crippen molar-refractivity contribution in [3.05, 3.63) is 279 Å². The van der Waals surface area contributed by atoms with Gasteiger partial charge in [-0.05, 0) is 158 Å². The lowest BCUT2D eigenvalue weighted by molar-refractivity contribution is 0.669. The molecule has 1 aliphatic rings. The topological polar surface area (TPSA) is 47.3 Å². The number of furan rings is 1. The lowest BCUT2D eigenvalue weighted by Crippen LogP contribution is -2.12. The molecule has 340 valence electrons. The molecule has 0 bridgehead atoms. The fourth-order valence-electron chi connectivity index (χ4n) is 10.6. The summed E-state index contributed by atoms with van der Waals surface area (Å²) in [6.07, 6.45) is 6.68. The van der Waals surface area contributed by atoms with E-state index in [0.717, 1.165) is 78.1 Å². The molecule has 11 aromatic carbocycles. The van der Waals surface area contributed by atoms with E-state index in [4.69, 9.17) is 16.7 Å². The lowest BCUT2D eigenvalue weighted by Gasteiger charge is -2.27. The first-order chi connectivity index (χ1) is 35.5. The van der Waals surface area contributed by atoms with Crippen molar-refractivity contribution < 1.29 is 4.42 Å². The number of benzene rings is 11. The predicted octanol–water partition coefficient (Wildman–Crippen LogP) is 18.4. The summed E-state index contributed by atoms with van der Waals surface area (Å²) in [7, 11) is 0. The molecule has 0 saturated carbocycles. The number of nitrogens with two attached hydrogens (primary N) is 1.